The molecule has 0 bridgehead atoms. The number of aryl methyl sites for hydroxylation is 2. The van der Waals surface area contributed by atoms with E-state index < -0.39 is 6.04 Å². The van der Waals surface area contributed by atoms with Gasteiger partial charge in [-0.3, -0.25) is 4.79 Å². The standard InChI is InChI=1S/C14H19N3O2/c1-2-12(13(15)17-19)16-14(18)11-7-6-9-4-3-5-10(9)8-11/h6-8,12,19H,2-5H2,1H3,(H2,15,17)(H,16,18). The molecule has 19 heavy (non-hydrogen) atoms. The third-order valence-electron chi connectivity index (χ3n) is 3.55. The summed E-state index contributed by atoms with van der Waals surface area (Å²) in [7, 11) is 0. The Kier molecular flexibility index (Phi) is 4.04. The molecule has 0 aromatic heterocycles. The molecule has 0 heterocycles. The van der Waals surface area contributed by atoms with Crippen LogP contribution >= 0.6 is 0 Å². The van der Waals surface area contributed by atoms with Gasteiger partial charge in [0.2, 0.25) is 0 Å². The molecule has 5 nitrogen and oxygen atoms in total. The minimum absolute atomic E-state index is 0.0250. The molecule has 1 aromatic rings. The van der Waals surface area contributed by atoms with E-state index in [9.17, 15) is 4.79 Å². The van der Waals surface area contributed by atoms with Crippen molar-refractivity contribution in [3.05, 3.63) is 34.9 Å². The summed E-state index contributed by atoms with van der Waals surface area (Å²) in [6, 6.07) is 5.35. The summed E-state index contributed by atoms with van der Waals surface area (Å²) in [5.74, 6) is -0.162. The van der Waals surface area contributed by atoms with Gasteiger partial charge in [0.05, 0.1) is 6.04 Å². The molecule has 0 fully saturated rings. The van der Waals surface area contributed by atoms with Gasteiger partial charge in [-0.2, -0.15) is 0 Å². The summed E-state index contributed by atoms with van der Waals surface area (Å²) in [6.07, 6.45) is 3.86. The molecular weight excluding hydrogens is 242 g/mol. The number of hydrogen-bond donors (Lipinski definition) is 3. The molecule has 1 unspecified atom stereocenters. The van der Waals surface area contributed by atoms with E-state index in [-0.39, 0.29) is 11.7 Å². The number of nitrogens with zero attached hydrogens (tertiary/aromatic N) is 1. The highest BCUT2D eigenvalue weighted by Gasteiger charge is 2.18. The Balaban J connectivity index is 2.11. The van der Waals surface area contributed by atoms with Crippen molar-refractivity contribution in [1.29, 1.82) is 0 Å². The number of fused-ring (bicyclic) bond motifs is 1. The van der Waals surface area contributed by atoms with Crippen LogP contribution in [0.25, 0.3) is 0 Å². The number of carbonyl (C=O) groups excluding carboxylic acids is 1. The van der Waals surface area contributed by atoms with Gasteiger partial charge in [-0.25, -0.2) is 0 Å². The highest BCUT2D eigenvalue weighted by atomic mass is 16.4. The zero-order valence-electron chi connectivity index (χ0n) is 11.0. The third-order valence-corrected chi connectivity index (χ3v) is 3.55. The van der Waals surface area contributed by atoms with Gasteiger partial charge in [0.25, 0.3) is 5.91 Å². The number of hydrogen-bond acceptors (Lipinski definition) is 3. The Hall–Kier alpha value is -2.04. The lowest BCUT2D eigenvalue weighted by molar-refractivity contribution is 0.0945. The zero-order valence-corrected chi connectivity index (χ0v) is 11.0. The second-order valence-corrected chi connectivity index (χ2v) is 4.80. The summed E-state index contributed by atoms with van der Waals surface area (Å²) in [4.78, 5) is 12.1. The first-order valence-corrected chi connectivity index (χ1v) is 6.55. The van der Waals surface area contributed by atoms with Crippen molar-refractivity contribution in [3.63, 3.8) is 0 Å². The molecule has 0 saturated heterocycles. The van der Waals surface area contributed by atoms with Crippen molar-refractivity contribution in [2.75, 3.05) is 0 Å². The number of nitrogens with one attached hydrogen (secondary N) is 1. The molecular formula is C14H19N3O2. The second-order valence-electron chi connectivity index (χ2n) is 4.80. The van der Waals surface area contributed by atoms with E-state index in [4.69, 9.17) is 10.9 Å². The highest BCUT2D eigenvalue weighted by Crippen LogP contribution is 2.22. The van der Waals surface area contributed by atoms with Gasteiger partial charge >= 0.3 is 0 Å². The Morgan fingerprint density at radius 2 is 2.21 bits per heavy atom. The molecule has 1 atom stereocenters. The van der Waals surface area contributed by atoms with Crippen molar-refractivity contribution < 1.29 is 10.0 Å². The second kappa shape index (κ2) is 5.73. The molecule has 1 aromatic carbocycles. The first kappa shape index (κ1) is 13.4. The lowest BCUT2D eigenvalue weighted by Crippen LogP contribution is -2.44. The number of rotatable bonds is 4. The van der Waals surface area contributed by atoms with Crippen LogP contribution in [0.3, 0.4) is 0 Å². The van der Waals surface area contributed by atoms with Crippen LogP contribution in [-0.4, -0.2) is 23.0 Å². The lowest BCUT2D eigenvalue weighted by atomic mass is 10.1. The van der Waals surface area contributed by atoms with Crippen LogP contribution in [0.5, 0.6) is 0 Å². The summed E-state index contributed by atoms with van der Waals surface area (Å²) in [5.41, 5.74) is 8.75. The van der Waals surface area contributed by atoms with Gasteiger partial charge in [0.1, 0.15) is 0 Å². The summed E-state index contributed by atoms with van der Waals surface area (Å²) in [6.45, 7) is 1.87. The van der Waals surface area contributed by atoms with Gasteiger partial charge in [-0.15, -0.1) is 0 Å². The highest BCUT2D eigenvalue weighted by molar-refractivity contribution is 5.98. The predicted molar refractivity (Wildman–Crippen MR) is 73.4 cm³/mol. The third kappa shape index (κ3) is 2.86. The van der Waals surface area contributed by atoms with Gasteiger partial charge in [-0.1, -0.05) is 18.1 Å². The van der Waals surface area contributed by atoms with Crippen LogP contribution in [-0.2, 0) is 12.8 Å². The van der Waals surface area contributed by atoms with E-state index >= 15 is 0 Å². The maximum Gasteiger partial charge on any atom is 0.251 e. The van der Waals surface area contributed by atoms with Gasteiger partial charge in [-0.05, 0) is 48.9 Å². The summed E-state index contributed by atoms with van der Waals surface area (Å²) < 4.78 is 0. The van der Waals surface area contributed by atoms with Crippen molar-refractivity contribution in [3.8, 4) is 0 Å². The Morgan fingerprint density at radius 3 is 2.89 bits per heavy atom. The largest absolute Gasteiger partial charge is 0.409 e. The Bertz CT molecular complexity index is 511. The fraction of sp³-hybridized carbons (Fsp3) is 0.429. The summed E-state index contributed by atoms with van der Waals surface area (Å²) in [5, 5.41) is 14.4. The van der Waals surface area contributed by atoms with E-state index in [1.807, 2.05) is 25.1 Å². The first-order chi connectivity index (χ1) is 9.15. The quantitative estimate of drug-likeness (QED) is 0.331. The number of nitrogens with two attached hydrogens (primary N) is 1. The van der Waals surface area contributed by atoms with Crippen LogP contribution < -0.4 is 11.1 Å². The van der Waals surface area contributed by atoms with Gasteiger partial charge in [0, 0.05) is 5.56 Å². The van der Waals surface area contributed by atoms with Crippen LogP contribution in [0.4, 0.5) is 0 Å². The van der Waals surface area contributed by atoms with Crippen LogP contribution in [0.1, 0.15) is 41.3 Å². The van der Waals surface area contributed by atoms with Crippen molar-refractivity contribution in [2.24, 2.45) is 10.9 Å². The fourth-order valence-electron chi connectivity index (χ4n) is 2.41. The molecule has 0 saturated carbocycles. The average Bonchev–Trinajstić information content (AvgIpc) is 2.90. The maximum absolute atomic E-state index is 12.1. The predicted octanol–water partition coefficient (Wildman–Crippen LogP) is 1.43. The SMILES string of the molecule is CCC(NC(=O)c1ccc2c(c1)CCC2)/C(N)=N/O. The smallest absolute Gasteiger partial charge is 0.251 e. The minimum atomic E-state index is -0.439. The molecule has 2 rings (SSSR count). The van der Waals surface area contributed by atoms with Gasteiger partial charge in [0.15, 0.2) is 5.84 Å². The molecule has 0 spiro atoms. The fourth-order valence-corrected chi connectivity index (χ4v) is 2.41. The Labute approximate surface area is 112 Å². The molecule has 0 radical (unpaired) electrons. The molecule has 4 N–H and O–H groups in total. The van der Waals surface area contributed by atoms with Crippen molar-refractivity contribution in [1.82, 2.24) is 5.32 Å². The number of carbonyl (C=O) groups is 1. The number of oxime groups is 1. The molecule has 0 aliphatic heterocycles. The van der Waals surface area contributed by atoms with Crippen molar-refractivity contribution in [2.45, 2.75) is 38.6 Å². The van der Waals surface area contributed by atoms with Gasteiger partial charge < -0.3 is 16.3 Å². The molecule has 1 aliphatic rings. The minimum Gasteiger partial charge on any atom is -0.409 e. The van der Waals surface area contributed by atoms with Crippen molar-refractivity contribution >= 4 is 11.7 Å². The normalized spacial score (nSPS) is 15.9. The molecule has 1 amide bonds. The zero-order chi connectivity index (χ0) is 13.8. The van der Waals surface area contributed by atoms with Crippen LogP contribution in [0.2, 0.25) is 0 Å². The first-order valence-electron chi connectivity index (χ1n) is 6.55. The van der Waals surface area contributed by atoms with E-state index in [2.05, 4.69) is 10.5 Å². The number of amides is 1. The molecule has 102 valence electrons. The summed E-state index contributed by atoms with van der Waals surface area (Å²) >= 11 is 0. The van der Waals surface area contributed by atoms with E-state index in [1.165, 1.54) is 11.1 Å². The topological polar surface area (TPSA) is 87.7 Å². The molecule has 1 aliphatic carbocycles. The van der Waals surface area contributed by atoms with Crippen LogP contribution in [0, 0.1) is 0 Å². The number of benzene rings is 1. The van der Waals surface area contributed by atoms with E-state index in [1.54, 1.807) is 0 Å². The average molecular weight is 261 g/mol. The monoisotopic (exact) mass is 261 g/mol. The maximum atomic E-state index is 12.1. The lowest BCUT2D eigenvalue weighted by Gasteiger charge is -2.15. The van der Waals surface area contributed by atoms with Crippen LogP contribution in [0.15, 0.2) is 23.4 Å². The van der Waals surface area contributed by atoms with E-state index in [0.717, 1.165) is 19.3 Å². The van der Waals surface area contributed by atoms with E-state index in [0.29, 0.717) is 12.0 Å². The number of amidine groups is 1. The Morgan fingerprint density at radius 1 is 1.47 bits per heavy atom. The molecule has 5 heteroatoms.